The van der Waals surface area contributed by atoms with Gasteiger partial charge in [-0.3, -0.25) is 0 Å². The zero-order chi connectivity index (χ0) is 19.7. The lowest BCUT2D eigenvalue weighted by atomic mass is 9.77. The first-order valence-electron chi connectivity index (χ1n) is 10.1. The van der Waals surface area contributed by atoms with Crippen LogP contribution in [-0.2, 0) is 0 Å². The van der Waals surface area contributed by atoms with Crippen molar-refractivity contribution in [2.75, 3.05) is 0 Å². The van der Waals surface area contributed by atoms with Crippen LogP contribution < -0.4 is 0 Å². The van der Waals surface area contributed by atoms with E-state index in [9.17, 15) is 13.2 Å². The summed E-state index contributed by atoms with van der Waals surface area (Å²) in [6, 6.07) is 3.20. The highest BCUT2D eigenvalue weighted by molar-refractivity contribution is 5.64. The van der Waals surface area contributed by atoms with E-state index >= 15 is 0 Å². The van der Waals surface area contributed by atoms with Gasteiger partial charge in [0.25, 0.3) is 0 Å². The van der Waals surface area contributed by atoms with E-state index in [-0.39, 0.29) is 17.2 Å². The Kier molecular flexibility index (Phi) is 4.18. The fourth-order valence-corrected chi connectivity index (χ4v) is 3.63. The summed E-state index contributed by atoms with van der Waals surface area (Å²) in [7, 11) is 0. The van der Waals surface area contributed by atoms with Crippen molar-refractivity contribution in [3.05, 3.63) is 59.3 Å². The van der Waals surface area contributed by atoms with Crippen molar-refractivity contribution in [1.29, 1.82) is 0 Å². The summed E-state index contributed by atoms with van der Waals surface area (Å²) in [6.45, 7) is 2.19. The van der Waals surface area contributed by atoms with Gasteiger partial charge in [-0.2, -0.15) is 0 Å². The highest BCUT2D eigenvalue weighted by Crippen LogP contribution is 2.38. The maximum Gasteiger partial charge on any atom is 0.194 e. The van der Waals surface area contributed by atoms with Crippen molar-refractivity contribution >= 4 is 0 Å². The zero-order valence-corrected chi connectivity index (χ0v) is 13.8. The Labute approximate surface area is 145 Å². The maximum atomic E-state index is 13.8. The second-order valence-electron chi connectivity index (χ2n) is 6.61. The molecule has 1 aliphatic carbocycles. The fourth-order valence-electron chi connectivity index (χ4n) is 3.63. The molecule has 3 heteroatoms. The summed E-state index contributed by atoms with van der Waals surface area (Å²) >= 11 is 0. The largest absolute Gasteiger partial charge is 0.204 e. The van der Waals surface area contributed by atoms with Crippen LogP contribution >= 0.6 is 0 Å². The summed E-state index contributed by atoms with van der Waals surface area (Å²) in [5.41, 5.74) is 0.695. The lowest BCUT2D eigenvalue weighted by Crippen LogP contribution is -2.13. The molecule has 1 saturated carbocycles. The van der Waals surface area contributed by atoms with Gasteiger partial charge in [-0.1, -0.05) is 44.0 Å². The minimum atomic E-state index is -1.82. The van der Waals surface area contributed by atoms with E-state index in [0.717, 1.165) is 37.2 Å². The minimum Gasteiger partial charge on any atom is -0.204 e. The van der Waals surface area contributed by atoms with Gasteiger partial charge in [0.05, 0.1) is 4.11 Å². The molecule has 0 spiro atoms. The van der Waals surface area contributed by atoms with Gasteiger partial charge in [0.1, 0.15) is 0 Å². The van der Waals surface area contributed by atoms with Gasteiger partial charge in [-0.15, -0.1) is 0 Å². The predicted octanol–water partition coefficient (Wildman–Crippen LogP) is 6.84. The third kappa shape index (κ3) is 3.66. The van der Waals surface area contributed by atoms with Crippen LogP contribution in [0.2, 0.25) is 0 Å². The lowest BCUT2D eigenvalue weighted by molar-refractivity contribution is 0.308. The Balaban J connectivity index is 1.91. The molecule has 0 bridgehead atoms. The van der Waals surface area contributed by atoms with Crippen LogP contribution in [-0.4, -0.2) is 0 Å². The van der Waals surface area contributed by atoms with E-state index in [1.165, 1.54) is 18.9 Å². The second kappa shape index (κ2) is 7.42. The van der Waals surface area contributed by atoms with E-state index in [4.69, 9.17) is 4.11 Å². The molecule has 0 aromatic heterocycles. The third-order valence-corrected chi connectivity index (χ3v) is 4.98. The Morgan fingerprint density at radius 3 is 2.21 bits per heavy atom. The highest BCUT2D eigenvalue weighted by atomic mass is 19.2. The number of rotatable bonds is 4. The molecule has 0 nitrogen and oxygen atoms in total. The molecular formula is C21H23F3. The van der Waals surface area contributed by atoms with Gasteiger partial charge in [-0.05, 0) is 66.3 Å². The number of benzene rings is 2. The summed E-state index contributed by atoms with van der Waals surface area (Å²) < 4.78 is 64.7. The first kappa shape index (κ1) is 13.5. The van der Waals surface area contributed by atoms with Gasteiger partial charge < -0.3 is 0 Å². The quantitative estimate of drug-likeness (QED) is 0.536. The predicted molar refractivity (Wildman–Crippen MR) is 91.4 cm³/mol. The van der Waals surface area contributed by atoms with Crippen molar-refractivity contribution in [2.24, 2.45) is 5.92 Å². The molecule has 0 amide bonds. The van der Waals surface area contributed by atoms with Gasteiger partial charge >= 0.3 is 0 Å². The fraction of sp³-hybridized carbons (Fsp3) is 0.429. The van der Waals surface area contributed by atoms with E-state index in [0.29, 0.717) is 5.92 Å². The smallest absolute Gasteiger partial charge is 0.194 e. The third-order valence-electron chi connectivity index (χ3n) is 4.98. The molecule has 0 saturated heterocycles. The van der Waals surface area contributed by atoms with Crippen LogP contribution in [0.1, 0.15) is 61.0 Å². The summed E-state index contributed by atoms with van der Waals surface area (Å²) in [4.78, 5) is 0. The Morgan fingerprint density at radius 1 is 0.958 bits per heavy atom. The summed E-state index contributed by atoms with van der Waals surface area (Å²) in [5.74, 6) is -3.96. The standard InChI is InChI=1S/C21H23F3/c1-2-3-14-4-6-15(7-5-14)16-8-10-17(11-9-16)18-12-19(22)21(24)20(23)13-18/h8-15H,2-7H2,1H3/i10D,12D,13D. The number of halogens is 3. The second-order valence-corrected chi connectivity index (χ2v) is 6.61. The molecule has 3 rings (SSSR count). The number of hydrogen-bond donors (Lipinski definition) is 0. The normalized spacial score (nSPS) is 22.8. The molecule has 0 atom stereocenters. The molecule has 2 aromatic carbocycles. The highest BCUT2D eigenvalue weighted by Gasteiger charge is 2.21. The Hall–Kier alpha value is -1.77. The van der Waals surface area contributed by atoms with E-state index in [1.807, 2.05) is 0 Å². The molecule has 1 fully saturated rings. The van der Waals surface area contributed by atoms with Crippen LogP contribution in [0.4, 0.5) is 13.2 Å². The van der Waals surface area contributed by atoms with Gasteiger partial charge in [-0.25, -0.2) is 13.2 Å². The van der Waals surface area contributed by atoms with Gasteiger partial charge in [0.15, 0.2) is 17.5 Å². The molecule has 0 radical (unpaired) electrons. The van der Waals surface area contributed by atoms with Crippen LogP contribution in [0.5, 0.6) is 0 Å². The van der Waals surface area contributed by atoms with Crippen molar-refractivity contribution in [1.82, 2.24) is 0 Å². The molecular weight excluding hydrogens is 309 g/mol. The van der Waals surface area contributed by atoms with Crippen molar-refractivity contribution in [3.8, 4) is 11.1 Å². The average Bonchev–Trinajstić information content (AvgIpc) is 2.67. The molecule has 24 heavy (non-hydrogen) atoms. The van der Waals surface area contributed by atoms with Crippen LogP contribution in [0.3, 0.4) is 0 Å². The molecule has 2 aromatic rings. The monoisotopic (exact) mass is 335 g/mol. The first-order valence-corrected chi connectivity index (χ1v) is 8.59. The summed E-state index contributed by atoms with van der Waals surface area (Å²) in [6.07, 6.45) is 6.87. The number of hydrogen-bond acceptors (Lipinski definition) is 0. The Bertz CT molecular complexity index is 814. The van der Waals surface area contributed by atoms with E-state index in [1.54, 1.807) is 12.1 Å². The SMILES string of the molecule is [2H]c1cc(C2CCC(CCC)CC2)ccc1-c1c([2H])c(F)c(F)c(F)c1[2H]. The van der Waals surface area contributed by atoms with Crippen molar-refractivity contribution in [3.63, 3.8) is 0 Å². The topological polar surface area (TPSA) is 0 Å². The Morgan fingerprint density at radius 2 is 1.62 bits per heavy atom. The lowest BCUT2D eigenvalue weighted by Gasteiger charge is -2.28. The molecule has 1 aliphatic rings. The molecule has 0 unspecified atom stereocenters. The first-order chi connectivity index (χ1) is 12.8. The minimum absolute atomic E-state index is 0.00408. The maximum absolute atomic E-state index is 13.8. The summed E-state index contributed by atoms with van der Waals surface area (Å²) in [5, 5.41) is 0. The molecule has 128 valence electrons. The van der Waals surface area contributed by atoms with E-state index in [2.05, 4.69) is 6.92 Å². The van der Waals surface area contributed by atoms with Gasteiger partial charge in [0, 0.05) is 0 Å². The van der Waals surface area contributed by atoms with Gasteiger partial charge in [0.2, 0.25) is 0 Å². The van der Waals surface area contributed by atoms with Crippen LogP contribution in [0.25, 0.3) is 11.1 Å². The molecule has 0 N–H and O–H groups in total. The van der Waals surface area contributed by atoms with Crippen LogP contribution in [0, 0.1) is 23.4 Å². The van der Waals surface area contributed by atoms with Crippen molar-refractivity contribution in [2.45, 2.75) is 51.4 Å². The van der Waals surface area contributed by atoms with E-state index < -0.39 is 29.5 Å². The molecule has 0 aliphatic heterocycles. The zero-order valence-electron chi connectivity index (χ0n) is 16.8. The molecule has 0 heterocycles. The van der Waals surface area contributed by atoms with Crippen molar-refractivity contribution < 1.29 is 17.3 Å². The average molecular weight is 335 g/mol. The van der Waals surface area contributed by atoms with Crippen LogP contribution in [0.15, 0.2) is 36.3 Å².